The van der Waals surface area contributed by atoms with E-state index >= 15 is 0 Å². The summed E-state index contributed by atoms with van der Waals surface area (Å²) in [5.41, 5.74) is -2.02. The lowest BCUT2D eigenvalue weighted by atomic mass is 9.60. The summed E-state index contributed by atoms with van der Waals surface area (Å²) in [6.07, 6.45) is -9.81. The van der Waals surface area contributed by atoms with Crippen molar-refractivity contribution in [2.24, 2.45) is 17.8 Å². The number of benzene rings is 4. The van der Waals surface area contributed by atoms with E-state index in [1.54, 1.807) is 49.7 Å². The molecule has 4 aliphatic rings. The largest absolute Gasteiger partial charge is 0.573 e. The van der Waals surface area contributed by atoms with E-state index in [-0.39, 0.29) is 48.3 Å². The monoisotopic (exact) mass is 983 g/mol. The number of pyridine rings is 1. The fraction of sp³-hybridized carbons (Fsp3) is 0.353. The van der Waals surface area contributed by atoms with Gasteiger partial charge in [0.15, 0.2) is 0 Å². The summed E-state index contributed by atoms with van der Waals surface area (Å²) in [6, 6.07) is 19.6. The zero-order chi connectivity index (χ0) is 50.9. The van der Waals surface area contributed by atoms with Gasteiger partial charge in [-0.3, -0.25) is 14.6 Å². The second-order valence-corrected chi connectivity index (χ2v) is 17.0. The van der Waals surface area contributed by atoms with Crippen molar-refractivity contribution in [2.75, 3.05) is 0 Å². The fourth-order valence-electron chi connectivity index (χ4n) is 9.40. The van der Waals surface area contributed by atoms with E-state index in [4.69, 9.17) is 9.47 Å². The third-order valence-corrected chi connectivity index (χ3v) is 12.7. The van der Waals surface area contributed by atoms with Gasteiger partial charge in [0.25, 0.3) is 0 Å². The van der Waals surface area contributed by atoms with E-state index in [0.717, 1.165) is 36.9 Å². The molecule has 9 rings (SSSR count). The van der Waals surface area contributed by atoms with Gasteiger partial charge >= 0.3 is 30.9 Å². The zero-order valence-corrected chi connectivity index (χ0v) is 37.9. The van der Waals surface area contributed by atoms with Gasteiger partial charge in [0.05, 0.1) is 29.6 Å². The maximum Gasteiger partial charge on any atom is 0.573 e. The number of carbonyl (C=O) groups is 4. The fourth-order valence-corrected chi connectivity index (χ4v) is 9.40. The number of hydrogen-bond acceptors (Lipinski definition) is 8. The number of carbonyl (C=O) groups excluding carboxylic acids is 4. The number of imide groups is 2. The van der Waals surface area contributed by atoms with Gasteiger partial charge in [-0.1, -0.05) is 86.7 Å². The third kappa shape index (κ3) is 10.9. The molecule has 2 saturated heterocycles. The Morgan fingerprint density at radius 3 is 1.94 bits per heavy atom. The lowest BCUT2D eigenvalue weighted by Gasteiger charge is -2.46. The molecule has 4 unspecified atom stereocenters. The Morgan fingerprint density at radius 2 is 1.30 bits per heavy atom. The van der Waals surface area contributed by atoms with Crippen LogP contribution in [0.3, 0.4) is 0 Å². The van der Waals surface area contributed by atoms with Crippen LogP contribution in [0, 0.1) is 17.8 Å². The molecule has 4 amide bonds. The summed E-state index contributed by atoms with van der Waals surface area (Å²) in [6.45, 7) is 7.08. The molecule has 0 radical (unpaired) electrons. The molecule has 3 heterocycles. The number of alkyl halides is 9. The molecule has 370 valence electrons. The molecular weight excluding hydrogens is 938 g/mol. The lowest BCUT2D eigenvalue weighted by molar-refractivity contribution is -0.303. The lowest BCUT2D eigenvalue weighted by Crippen LogP contribution is -2.48. The summed E-state index contributed by atoms with van der Waals surface area (Å²) in [7, 11) is 0. The van der Waals surface area contributed by atoms with E-state index in [1.807, 2.05) is 56.3 Å². The van der Waals surface area contributed by atoms with Crippen LogP contribution in [0.25, 0.3) is 21.5 Å². The Kier molecular flexibility index (Phi) is 14.7. The molecule has 4 aromatic carbocycles. The van der Waals surface area contributed by atoms with Crippen LogP contribution < -0.4 is 0 Å². The molecule has 1 aromatic heterocycles. The topological polar surface area (TPSA) is 115 Å². The molecule has 3 fully saturated rings. The molecule has 70 heavy (non-hydrogen) atoms. The van der Waals surface area contributed by atoms with Crippen LogP contribution in [0.1, 0.15) is 74.5 Å². The van der Waals surface area contributed by atoms with Gasteiger partial charge in [-0.15, -0.1) is 13.2 Å². The number of hydrogen-bond donors (Lipinski definition) is 0. The number of ether oxygens (including phenoxy) is 3. The van der Waals surface area contributed by atoms with E-state index in [2.05, 4.69) is 9.72 Å². The second-order valence-electron chi connectivity index (χ2n) is 17.0. The number of cyclic esters (lactones) is 2. The third-order valence-electron chi connectivity index (χ3n) is 12.7. The first-order chi connectivity index (χ1) is 33.1. The van der Waals surface area contributed by atoms with Gasteiger partial charge in [-0.05, 0) is 102 Å². The molecule has 5 aromatic rings. The molecule has 1 saturated carbocycles. The average molecular weight is 984 g/mol. The minimum Gasteiger partial charge on any atom is -0.443 e. The van der Waals surface area contributed by atoms with Crippen LogP contribution >= 0.6 is 0 Å². The number of rotatable bonds is 8. The molecule has 2 aliphatic heterocycles. The van der Waals surface area contributed by atoms with Crippen molar-refractivity contribution in [3.8, 4) is 0 Å². The van der Waals surface area contributed by atoms with E-state index in [1.165, 1.54) is 19.1 Å². The van der Waals surface area contributed by atoms with E-state index in [0.29, 0.717) is 30.5 Å². The molecule has 2 aliphatic carbocycles. The molecule has 10 nitrogen and oxygen atoms in total. The zero-order valence-electron chi connectivity index (χ0n) is 37.9. The number of fused-ring (bicyclic) bond motifs is 3. The Labute approximate surface area is 395 Å². The molecule has 19 heteroatoms. The number of aromatic nitrogens is 1. The number of aryl methyl sites for hydroxylation is 1. The Hall–Kier alpha value is -6.92. The minimum atomic E-state index is -5.05. The van der Waals surface area contributed by atoms with Crippen LogP contribution in [0.4, 0.5) is 49.1 Å². The van der Waals surface area contributed by atoms with Gasteiger partial charge in [0.2, 0.25) is 11.8 Å². The number of amides is 4. The van der Waals surface area contributed by atoms with Crippen LogP contribution in [-0.4, -0.2) is 63.3 Å². The molecule has 0 N–H and O–H groups in total. The van der Waals surface area contributed by atoms with Crippen molar-refractivity contribution in [3.05, 3.63) is 149 Å². The van der Waals surface area contributed by atoms with Gasteiger partial charge < -0.3 is 14.2 Å². The predicted octanol–water partition coefficient (Wildman–Crippen LogP) is 12.7. The number of nitrogens with zero attached hydrogens (tertiary/aromatic N) is 3. The van der Waals surface area contributed by atoms with Crippen molar-refractivity contribution in [1.29, 1.82) is 0 Å². The van der Waals surface area contributed by atoms with Crippen molar-refractivity contribution < 1.29 is 72.9 Å². The Balaban J connectivity index is 0.000000199. The van der Waals surface area contributed by atoms with Crippen LogP contribution in [0.15, 0.2) is 121 Å². The first kappa shape index (κ1) is 50.9. The van der Waals surface area contributed by atoms with E-state index in [9.17, 15) is 58.7 Å². The van der Waals surface area contributed by atoms with Gasteiger partial charge in [0, 0.05) is 30.1 Å². The maximum absolute atomic E-state index is 13.2. The highest BCUT2D eigenvalue weighted by Crippen LogP contribution is 2.50. The normalized spacial score (nSPS) is 23.0. The second kappa shape index (κ2) is 20.2. The first-order valence-corrected chi connectivity index (χ1v) is 22.4. The van der Waals surface area contributed by atoms with Crippen LogP contribution in [-0.2, 0) is 49.0 Å². The van der Waals surface area contributed by atoms with Crippen LogP contribution in [0.2, 0.25) is 0 Å². The van der Waals surface area contributed by atoms with Crippen molar-refractivity contribution >= 4 is 45.5 Å². The quantitative estimate of drug-likeness (QED) is 0.141. The Bertz CT molecular complexity index is 2800. The number of allylic oxidation sites excluding steroid dienone is 3. The van der Waals surface area contributed by atoms with Crippen molar-refractivity contribution in [1.82, 2.24) is 14.8 Å². The number of halogens is 9. The standard InChI is InChI=1S/C25H23F3N2O4.C24H17F6NO3.C2H6/c1-14-23(21-10-15-6-8-18(11-20(15)21)34-25(26,27)28)33-24(32)30(14)22(31)9-7-17-13-29-12-16-4-2-3-5-19(16)17;1-13-21(16-9-17(23(25,26)27)12-18(10-16)24(28,29)30)34-22(33)31(13)20(32)11-15-7-4-6-14-5-2-3-8-19(14)15;1-2/h2-6,8,11-15,20-21,23H,7,9-10H2,1H3;2-10,12-13,21H,11H2,1H3;1-2H3/t14-,15?,20?,21?,23-;13?,21-;/m00./s1. The first-order valence-electron chi connectivity index (χ1n) is 22.4. The van der Waals surface area contributed by atoms with Gasteiger partial charge in [0.1, 0.15) is 18.0 Å². The SMILES string of the molecule is CC.CC1[C@@H](c2cc(C(F)(F)F)cc(C(F)(F)F)c2)OC(=O)N1C(=O)Cc1cccc2ccccc12.C[C@H]1[C@@H](C2CC3C=CC(OC(F)(F)F)=CC32)OC(=O)N1C(=O)CCc1cncc2ccccc12. The highest BCUT2D eigenvalue weighted by atomic mass is 19.4. The predicted molar refractivity (Wildman–Crippen MR) is 237 cm³/mol. The smallest absolute Gasteiger partial charge is 0.443 e. The summed E-state index contributed by atoms with van der Waals surface area (Å²) < 4.78 is 132. The molecule has 0 bridgehead atoms. The molecule has 7 atom stereocenters. The Morgan fingerprint density at radius 1 is 0.714 bits per heavy atom. The van der Waals surface area contributed by atoms with Gasteiger partial charge in [-0.25, -0.2) is 19.4 Å². The highest BCUT2D eigenvalue weighted by Gasteiger charge is 2.54. The minimum absolute atomic E-state index is 0.00558. The summed E-state index contributed by atoms with van der Waals surface area (Å²) in [5, 5.41) is 3.63. The van der Waals surface area contributed by atoms with Crippen molar-refractivity contribution in [3.63, 3.8) is 0 Å². The highest BCUT2D eigenvalue weighted by molar-refractivity contribution is 5.97. The summed E-state index contributed by atoms with van der Waals surface area (Å²) >= 11 is 0. The summed E-state index contributed by atoms with van der Waals surface area (Å²) in [4.78, 5) is 57.1. The molecular formula is C51H46F9N3O7. The molecule has 0 spiro atoms. The average Bonchev–Trinajstić information content (AvgIpc) is 3.77. The maximum atomic E-state index is 13.2. The summed E-state index contributed by atoms with van der Waals surface area (Å²) in [5.74, 6) is -1.63. The van der Waals surface area contributed by atoms with Crippen LogP contribution in [0.5, 0.6) is 0 Å². The van der Waals surface area contributed by atoms with Gasteiger partial charge in [-0.2, -0.15) is 26.3 Å². The van der Waals surface area contributed by atoms with E-state index < -0.39 is 77.8 Å². The van der Waals surface area contributed by atoms with Crippen molar-refractivity contribution in [2.45, 2.75) is 96.4 Å².